The summed E-state index contributed by atoms with van der Waals surface area (Å²) in [6.45, 7) is 0. The first kappa shape index (κ1) is 12.8. The van der Waals surface area contributed by atoms with Crippen molar-refractivity contribution >= 4 is 31.9 Å². The minimum atomic E-state index is 0.493. The monoisotopic (exact) mass is 353 g/mol. The van der Waals surface area contributed by atoms with Gasteiger partial charge < -0.3 is 0 Å². The first-order valence-corrected chi connectivity index (χ1v) is 7.41. The van der Waals surface area contributed by atoms with Crippen LogP contribution in [0.3, 0.4) is 0 Å². The summed E-state index contributed by atoms with van der Waals surface area (Å²) < 4.78 is 1.04. The molecular formula is C14H13Br2N. The van der Waals surface area contributed by atoms with E-state index in [1.54, 1.807) is 0 Å². The van der Waals surface area contributed by atoms with E-state index in [0.29, 0.717) is 5.92 Å². The van der Waals surface area contributed by atoms with Gasteiger partial charge in [0.1, 0.15) is 0 Å². The highest BCUT2D eigenvalue weighted by atomic mass is 79.9. The Morgan fingerprint density at radius 1 is 1.12 bits per heavy atom. The summed E-state index contributed by atoms with van der Waals surface area (Å²) in [4.78, 5) is 4.20. The normalized spacial score (nSPS) is 12.4. The van der Waals surface area contributed by atoms with Crippen LogP contribution < -0.4 is 0 Å². The molecule has 1 aromatic carbocycles. The summed E-state index contributed by atoms with van der Waals surface area (Å²) in [6.07, 6.45) is 4.75. The van der Waals surface area contributed by atoms with Crippen molar-refractivity contribution in [1.82, 2.24) is 4.98 Å². The molecule has 0 aliphatic rings. The average Bonchev–Trinajstić information content (AvgIpc) is 2.37. The number of hydrogen-bond acceptors (Lipinski definition) is 1. The van der Waals surface area contributed by atoms with Gasteiger partial charge in [0.2, 0.25) is 0 Å². The van der Waals surface area contributed by atoms with Crippen LogP contribution in [0.5, 0.6) is 0 Å². The van der Waals surface area contributed by atoms with Crippen LogP contribution in [0.4, 0.5) is 0 Å². The maximum absolute atomic E-state index is 4.20. The number of pyridine rings is 1. The summed E-state index contributed by atoms with van der Waals surface area (Å²) in [5.74, 6) is 0.493. The molecule has 0 spiro atoms. The second-order valence-electron chi connectivity index (χ2n) is 3.98. The highest BCUT2D eigenvalue weighted by Crippen LogP contribution is 2.23. The molecule has 0 saturated heterocycles. The van der Waals surface area contributed by atoms with E-state index in [1.807, 2.05) is 12.4 Å². The second-order valence-corrected chi connectivity index (χ2v) is 5.54. The zero-order chi connectivity index (χ0) is 12.1. The largest absolute Gasteiger partial charge is 0.263 e. The van der Waals surface area contributed by atoms with Crippen molar-refractivity contribution in [2.75, 3.05) is 5.33 Å². The maximum Gasteiger partial charge on any atom is 0.0410 e. The number of benzene rings is 1. The van der Waals surface area contributed by atoms with E-state index in [-0.39, 0.29) is 0 Å². The fourth-order valence-electron chi connectivity index (χ4n) is 1.84. The number of halogens is 2. The lowest BCUT2D eigenvalue weighted by molar-refractivity contribution is 0.772. The maximum atomic E-state index is 4.20. The summed E-state index contributed by atoms with van der Waals surface area (Å²) >= 11 is 7.05. The Labute approximate surface area is 119 Å². The van der Waals surface area contributed by atoms with E-state index in [0.717, 1.165) is 16.2 Å². The van der Waals surface area contributed by atoms with Crippen molar-refractivity contribution in [3.8, 4) is 0 Å². The second kappa shape index (κ2) is 6.31. The van der Waals surface area contributed by atoms with Crippen LogP contribution in [-0.2, 0) is 6.42 Å². The third kappa shape index (κ3) is 3.65. The molecule has 0 fully saturated rings. The molecule has 0 saturated carbocycles. The number of alkyl halides is 1. The van der Waals surface area contributed by atoms with Crippen molar-refractivity contribution in [3.05, 3.63) is 64.4 Å². The van der Waals surface area contributed by atoms with Crippen molar-refractivity contribution < 1.29 is 0 Å². The van der Waals surface area contributed by atoms with E-state index >= 15 is 0 Å². The Morgan fingerprint density at radius 2 is 1.88 bits per heavy atom. The summed E-state index contributed by atoms with van der Waals surface area (Å²) in [6, 6.07) is 12.7. The van der Waals surface area contributed by atoms with Crippen molar-refractivity contribution in [2.24, 2.45) is 0 Å². The van der Waals surface area contributed by atoms with Gasteiger partial charge in [0, 0.05) is 22.2 Å². The molecule has 3 heteroatoms. The van der Waals surface area contributed by atoms with E-state index in [1.165, 1.54) is 11.1 Å². The minimum Gasteiger partial charge on any atom is -0.263 e. The van der Waals surface area contributed by atoms with Gasteiger partial charge in [-0.3, -0.25) is 4.98 Å². The number of hydrogen-bond donors (Lipinski definition) is 0. The van der Waals surface area contributed by atoms with Gasteiger partial charge in [-0.15, -0.1) is 0 Å². The Kier molecular flexibility index (Phi) is 4.75. The van der Waals surface area contributed by atoms with Crippen molar-refractivity contribution in [1.29, 1.82) is 0 Å². The van der Waals surface area contributed by atoms with Crippen LogP contribution in [0, 0.1) is 0 Å². The quantitative estimate of drug-likeness (QED) is 0.733. The smallest absolute Gasteiger partial charge is 0.0410 e. The van der Waals surface area contributed by atoms with Crippen LogP contribution in [-0.4, -0.2) is 10.3 Å². The van der Waals surface area contributed by atoms with Gasteiger partial charge in [-0.2, -0.15) is 0 Å². The van der Waals surface area contributed by atoms with E-state index in [9.17, 15) is 0 Å². The van der Waals surface area contributed by atoms with Gasteiger partial charge >= 0.3 is 0 Å². The van der Waals surface area contributed by atoms with Gasteiger partial charge in [0.15, 0.2) is 0 Å². The summed E-state index contributed by atoms with van der Waals surface area (Å²) in [7, 11) is 0. The molecule has 0 bridgehead atoms. The number of rotatable bonds is 4. The lowest BCUT2D eigenvalue weighted by atomic mass is 9.94. The summed E-state index contributed by atoms with van der Waals surface area (Å²) in [5.41, 5.74) is 2.62. The molecule has 0 aliphatic carbocycles. The standard InChI is InChI=1S/C14H13Br2N/c15-8-13(12-4-2-1-3-5-12)6-11-7-14(16)10-17-9-11/h1-5,7,9-10,13H,6,8H2. The molecule has 1 unspecified atom stereocenters. The molecule has 0 amide bonds. The molecule has 88 valence electrons. The Morgan fingerprint density at radius 3 is 2.53 bits per heavy atom. The predicted molar refractivity (Wildman–Crippen MR) is 78.6 cm³/mol. The zero-order valence-electron chi connectivity index (χ0n) is 9.31. The molecular weight excluding hydrogens is 342 g/mol. The lowest BCUT2D eigenvalue weighted by Crippen LogP contribution is -2.04. The van der Waals surface area contributed by atoms with E-state index in [2.05, 4.69) is 73.2 Å². The van der Waals surface area contributed by atoms with Gasteiger partial charge in [-0.1, -0.05) is 46.3 Å². The van der Waals surface area contributed by atoms with Crippen LogP contribution in [0.1, 0.15) is 17.0 Å². The van der Waals surface area contributed by atoms with Crippen molar-refractivity contribution in [3.63, 3.8) is 0 Å². The molecule has 0 N–H and O–H groups in total. The Hall–Kier alpha value is -0.670. The third-order valence-corrected chi connectivity index (χ3v) is 3.92. The van der Waals surface area contributed by atoms with Crippen molar-refractivity contribution in [2.45, 2.75) is 12.3 Å². The molecule has 1 aromatic heterocycles. The predicted octanol–water partition coefficient (Wildman–Crippen LogP) is 4.57. The van der Waals surface area contributed by atoms with E-state index < -0.39 is 0 Å². The third-order valence-electron chi connectivity index (χ3n) is 2.70. The Bertz CT molecular complexity index is 471. The molecule has 1 nitrogen and oxygen atoms in total. The van der Waals surface area contributed by atoms with Gasteiger partial charge in [0.25, 0.3) is 0 Å². The highest BCUT2D eigenvalue weighted by molar-refractivity contribution is 9.10. The first-order chi connectivity index (χ1) is 8.29. The fourth-order valence-corrected chi connectivity index (χ4v) is 2.85. The van der Waals surface area contributed by atoms with Gasteiger partial charge in [-0.25, -0.2) is 0 Å². The molecule has 1 atom stereocenters. The first-order valence-electron chi connectivity index (χ1n) is 5.50. The Balaban J connectivity index is 2.16. The molecule has 2 aromatic rings. The molecule has 1 heterocycles. The SMILES string of the molecule is BrCC(Cc1cncc(Br)c1)c1ccccc1. The van der Waals surface area contributed by atoms with Crippen LogP contribution in [0.15, 0.2) is 53.3 Å². The van der Waals surface area contributed by atoms with Crippen LogP contribution >= 0.6 is 31.9 Å². The highest BCUT2D eigenvalue weighted by Gasteiger charge is 2.10. The molecule has 0 aliphatic heterocycles. The molecule has 17 heavy (non-hydrogen) atoms. The number of aromatic nitrogens is 1. The molecule has 0 radical (unpaired) electrons. The minimum absolute atomic E-state index is 0.493. The van der Waals surface area contributed by atoms with Gasteiger partial charge in [0.05, 0.1) is 0 Å². The summed E-state index contributed by atoms with van der Waals surface area (Å²) in [5, 5.41) is 0.962. The van der Waals surface area contributed by atoms with Gasteiger partial charge in [-0.05, 0) is 45.5 Å². The van der Waals surface area contributed by atoms with Crippen LogP contribution in [0.25, 0.3) is 0 Å². The number of nitrogens with zero attached hydrogens (tertiary/aromatic N) is 1. The lowest BCUT2D eigenvalue weighted by Gasteiger charge is -2.14. The zero-order valence-corrected chi connectivity index (χ0v) is 12.5. The average molecular weight is 355 g/mol. The topological polar surface area (TPSA) is 12.9 Å². The van der Waals surface area contributed by atoms with Crippen LogP contribution in [0.2, 0.25) is 0 Å². The van der Waals surface area contributed by atoms with E-state index in [4.69, 9.17) is 0 Å². The molecule has 2 rings (SSSR count). The fraction of sp³-hybridized carbons (Fsp3) is 0.214.